The molecule has 0 spiro atoms. The molecule has 1 aliphatic carbocycles. The van der Waals surface area contributed by atoms with Crippen molar-refractivity contribution < 1.29 is 9.21 Å². The van der Waals surface area contributed by atoms with Crippen LogP contribution in [0.4, 0.5) is 0 Å². The van der Waals surface area contributed by atoms with E-state index in [1.54, 1.807) is 41.3 Å². The van der Waals surface area contributed by atoms with Crippen LogP contribution in [-0.4, -0.2) is 27.0 Å². The van der Waals surface area contributed by atoms with Gasteiger partial charge >= 0.3 is 0 Å². The van der Waals surface area contributed by atoms with Crippen LogP contribution in [0.25, 0.3) is 17.5 Å². The van der Waals surface area contributed by atoms with Gasteiger partial charge < -0.3 is 9.32 Å². The van der Waals surface area contributed by atoms with Crippen LogP contribution in [0.15, 0.2) is 53.0 Å². The van der Waals surface area contributed by atoms with Crippen molar-refractivity contribution >= 4 is 46.8 Å². The van der Waals surface area contributed by atoms with Crippen LogP contribution in [0.1, 0.15) is 24.3 Å². The first-order valence-electron chi connectivity index (χ1n) is 9.01. The Balaban J connectivity index is 1.47. The Bertz CT molecular complexity index is 1060. The summed E-state index contributed by atoms with van der Waals surface area (Å²) < 4.78 is 5.74. The molecule has 3 aromatic rings. The summed E-state index contributed by atoms with van der Waals surface area (Å²) in [5, 5.41) is 9.72. The highest BCUT2D eigenvalue weighted by Crippen LogP contribution is 2.29. The Kier molecular flexibility index (Phi) is 5.90. The lowest BCUT2D eigenvalue weighted by molar-refractivity contribution is -0.127. The molecule has 0 unspecified atom stereocenters. The van der Waals surface area contributed by atoms with Gasteiger partial charge in [-0.2, -0.15) is 0 Å². The molecule has 1 aliphatic rings. The van der Waals surface area contributed by atoms with Gasteiger partial charge in [0.2, 0.25) is 17.7 Å². The number of aromatic nitrogens is 2. The van der Waals surface area contributed by atoms with E-state index >= 15 is 0 Å². The van der Waals surface area contributed by atoms with E-state index < -0.39 is 0 Å². The summed E-state index contributed by atoms with van der Waals surface area (Å²) in [6.45, 7) is 0.260. The fourth-order valence-corrected chi connectivity index (χ4v) is 3.26. The molecular formula is C21H16Cl3N3O2. The number of hydrogen-bond donors (Lipinski definition) is 0. The van der Waals surface area contributed by atoms with E-state index in [-0.39, 0.29) is 18.5 Å². The first kappa shape index (κ1) is 20.0. The number of benzene rings is 2. The Morgan fingerprint density at radius 3 is 2.52 bits per heavy atom. The molecule has 0 aliphatic heterocycles. The smallest absolute Gasteiger partial charge is 0.247 e. The summed E-state index contributed by atoms with van der Waals surface area (Å²) in [5.41, 5.74) is 1.57. The zero-order valence-electron chi connectivity index (χ0n) is 15.2. The lowest BCUT2D eigenvalue weighted by Gasteiger charge is -2.18. The Hall–Kier alpha value is -2.34. The van der Waals surface area contributed by atoms with Crippen molar-refractivity contribution in [3.63, 3.8) is 0 Å². The molecule has 1 saturated carbocycles. The molecule has 2 aromatic carbocycles. The summed E-state index contributed by atoms with van der Waals surface area (Å²) in [6.07, 6.45) is 5.16. The van der Waals surface area contributed by atoms with Crippen molar-refractivity contribution in [1.82, 2.24) is 15.1 Å². The normalized spacial score (nSPS) is 13.8. The Labute approximate surface area is 182 Å². The molecule has 0 atom stereocenters. The number of rotatable bonds is 6. The number of nitrogens with zero attached hydrogens (tertiary/aromatic N) is 3. The van der Waals surface area contributed by atoms with Crippen LogP contribution in [-0.2, 0) is 11.3 Å². The fourth-order valence-electron chi connectivity index (χ4n) is 2.82. The van der Waals surface area contributed by atoms with Crippen LogP contribution >= 0.6 is 34.8 Å². The van der Waals surface area contributed by atoms with Gasteiger partial charge in [0.25, 0.3) is 0 Å². The van der Waals surface area contributed by atoms with E-state index in [2.05, 4.69) is 10.2 Å². The summed E-state index contributed by atoms with van der Waals surface area (Å²) in [6, 6.07) is 12.5. The van der Waals surface area contributed by atoms with Crippen molar-refractivity contribution in [3.8, 4) is 11.5 Å². The molecule has 0 N–H and O–H groups in total. The van der Waals surface area contributed by atoms with E-state index in [9.17, 15) is 4.79 Å². The summed E-state index contributed by atoms with van der Waals surface area (Å²) in [5.74, 6) is 0.661. The van der Waals surface area contributed by atoms with Crippen LogP contribution < -0.4 is 0 Å². The molecule has 0 bridgehead atoms. The predicted molar refractivity (Wildman–Crippen MR) is 114 cm³/mol. The second-order valence-electron chi connectivity index (χ2n) is 6.71. The minimum atomic E-state index is -0.121. The lowest BCUT2D eigenvalue weighted by atomic mass is 10.2. The number of carbonyl (C=O) groups is 1. The fraction of sp³-hybridized carbons (Fsp3) is 0.190. The number of halogens is 3. The maximum atomic E-state index is 12.7. The van der Waals surface area contributed by atoms with Gasteiger partial charge in [-0.25, -0.2) is 0 Å². The third-order valence-corrected chi connectivity index (χ3v) is 5.49. The quantitative estimate of drug-likeness (QED) is 0.440. The number of carbonyl (C=O) groups excluding carboxylic acids is 1. The largest absolute Gasteiger partial charge is 0.419 e. The van der Waals surface area contributed by atoms with Crippen LogP contribution in [0, 0.1) is 0 Å². The Morgan fingerprint density at radius 1 is 1.07 bits per heavy atom. The molecule has 1 fully saturated rings. The summed E-state index contributed by atoms with van der Waals surface area (Å²) in [4.78, 5) is 14.5. The molecule has 148 valence electrons. The van der Waals surface area contributed by atoms with Crippen LogP contribution in [0.2, 0.25) is 15.1 Å². The van der Waals surface area contributed by atoms with E-state index in [0.29, 0.717) is 26.8 Å². The first-order valence-corrected chi connectivity index (χ1v) is 10.1. The highest BCUT2D eigenvalue weighted by atomic mass is 35.5. The minimum absolute atomic E-state index is 0.121. The van der Waals surface area contributed by atoms with Crippen molar-refractivity contribution in [2.45, 2.75) is 25.4 Å². The van der Waals surface area contributed by atoms with Gasteiger partial charge in [-0.05, 0) is 60.9 Å². The molecule has 1 amide bonds. The molecule has 0 saturated heterocycles. The van der Waals surface area contributed by atoms with E-state index in [1.165, 1.54) is 6.08 Å². The minimum Gasteiger partial charge on any atom is -0.419 e. The molecule has 8 heteroatoms. The number of hydrogen-bond acceptors (Lipinski definition) is 4. The predicted octanol–water partition coefficient (Wildman–Crippen LogP) is 5.90. The van der Waals surface area contributed by atoms with E-state index in [1.807, 2.05) is 12.1 Å². The molecule has 0 radical (unpaired) electrons. The standard InChI is InChI=1S/C21H16Cl3N3O2/c22-15-5-3-14(4-6-15)21-26-25-19(29-21)12-27(16-7-8-16)20(28)10-2-13-1-9-17(23)18(24)11-13/h1-6,9-11,16H,7-8,12H2/b10-2+. The highest BCUT2D eigenvalue weighted by Gasteiger charge is 2.32. The van der Waals surface area contributed by atoms with Gasteiger partial charge in [0.15, 0.2) is 0 Å². The van der Waals surface area contributed by atoms with Gasteiger partial charge in [-0.1, -0.05) is 40.9 Å². The zero-order valence-corrected chi connectivity index (χ0v) is 17.5. The third kappa shape index (κ3) is 4.99. The lowest BCUT2D eigenvalue weighted by Crippen LogP contribution is -2.31. The topological polar surface area (TPSA) is 59.2 Å². The summed E-state index contributed by atoms with van der Waals surface area (Å²) in [7, 11) is 0. The van der Waals surface area contributed by atoms with Gasteiger partial charge in [-0.3, -0.25) is 4.79 Å². The zero-order chi connectivity index (χ0) is 20.4. The Morgan fingerprint density at radius 2 is 1.83 bits per heavy atom. The first-order chi connectivity index (χ1) is 14.0. The molecule has 4 rings (SSSR count). The highest BCUT2D eigenvalue weighted by molar-refractivity contribution is 6.42. The van der Waals surface area contributed by atoms with Crippen LogP contribution in [0.5, 0.6) is 0 Å². The van der Waals surface area contributed by atoms with Crippen molar-refractivity contribution in [3.05, 3.63) is 75.1 Å². The molecule has 1 aromatic heterocycles. The second kappa shape index (κ2) is 8.57. The average molecular weight is 449 g/mol. The molecular weight excluding hydrogens is 433 g/mol. The third-order valence-electron chi connectivity index (χ3n) is 4.50. The van der Waals surface area contributed by atoms with Gasteiger partial charge in [-0.15, -0.1) is 10.2 Å². The summed E-state index contributed by atoms with van der Waals surface area (Å²) >= 11 is 17.9. The van der Waals surface area contributed by atoms with E-state index in [4.69, 9.17) is 39.2 Å². The average Bonchev–Trinajstić information content (AvgIpc) is 3.45. The number of amides is 1. The monoisotopic (exact) mass is 447 g/mol. The van der Waals surface area contributed by atoms with Crippen molar-refractivity contribution in [2.75, 3.05) is 0 Å². The van der Waals surface area contributed by atoms with Gasteiger partial charge in [0.05, 0.1) is 16.6 Å². The molecule has 5 nitrogen and oxygen atoms in total. The maximum absolute atomic E-state index is 12.7. The van der Waals surface area contributed by atoms with Gasteiger partial charge in [0.1, 0.15) is 0 Å². The molecule has 29 heavy (non-hydrogen) atoms. The van der Waals surface area contributed by atoms with E-state index in [0.717, 1.165) is 24.0 Å². The second-order valence-corrected chi connectivity index (χ2v) is 7.96. The van der Waals surface area contributed by atoms with Crippen molar-refractivity contribution in [1.29, 1.82) is 0 Å². The van der Waals surface area contributed by atoms with Crippen molar-refractivity contribution in [2.24, 2.45) is 0 Å². The van der Waals surface area contributed by atoms with Gasteiger partial charge in [0, 0.05) is 22.7 Å². The van der Waals surface area contributed by atoms with Crippen LogP contribution in [0.3, 0.4) is 0 Å². The molecule has 1 heterocycles. The SMILES string of the molecule is O=C(/C=C/c1ccc(Cl)c(Cl)c1)N(Cc1nnc(-c2ccc(Cl)cc2)o1)C1CC1. The maximum Gasteiger partial charge on any atom is 0.247 e.